The van der Waals surface area contributed by atoms with E-state index in [9.17, 15) is 10.1 Å². The molecule has 0 radical (unpaired) electrons. The van der Waals surface area contributed by atoms with Gasteiger partial charge in [-0.15, -0.1) is 0 Å². The Bertz CT molecular complexity index is 1090. The number of nitrogens with zero attached hydrogens (tertiary/aromatic N) is 1. The van der Waals surface area contributed by atoms with E-state index < -0.39 is 5.91 Å². The number of carbonyl (C=O) groups excluding carboxylic acids is 1. The number of halogens is 2. The molecule has 0 bridgehead atoms. The highest BCUT2D eigenvalue weighted by Crippen LogP contribution is 2.26. The average Bonchev–Trinajstić information content (AvgIpc) is 2.73. The summed E-state index contributed by atoms with van der Waals surface area (Å²) in [6.45, 7) is 0.425. The summed E-state index contributed by atoms with van der Waals surface area (Å²) in [6.07, 6.45) is 1.49. The fraction of sp³-hybridized carbons (Fsp3) is 0.0435. The molecule has 0 aromatic heterocycles. The van der Waals surface area contributed by atoms with Crippen molar-refractivity contribution in [3.8, 4) is 11.8 Å². The molecule has 144 valence electrons. The highest BCUT2D eigenvalue weighted by atomic mass is 35.5. The van der Waals surface area contributed by atoms with Crippen molar-refractivity contribution < 1.29 is 9.53 Å². The van der Waals surface area contributed by atoms with Crippen LogP contribution in [-0.2, 0) is 11.4 Å². The van der Waals surface area contributed by atoms with Crippen molar-refractivity contribution in [2.45, 2.75) is 6.61 Å². The Morgan fingerprint density at radius 1 is 1.03 bits per heavy atom. The Morgan fingerprint density at radius 2 is 1.83 bits per heavy atom. The first kappa shape index (κ1) is 20.5. The third-order valence-electron chi connectivity index (χ3n) is 3.96. The number of ether oxygens (including phenoxy) is 1. The minimum atomic E-state index is -0.563. The van der Waals surface area contributed by atoms with Crippen LogP contribution < -0.4 is 10.1 Å². The molecule has 0 fully saturated rings. The van der Waals surface area contributed by atoms with Gasteiger partial charge in [-0.3, -0.25) is 4.79 Å². The Hall–Kier alpha value is -3.26. The maximum atomic E-state index is 12.5. The van der Waals surface area contributed by atoms with E-state index in [0.29, 0.717) is 33.7 Å². The molecular weight excluding hydrogens is 407 g/mol. The van der Waals surface area contributed by atoms with E-state index in [4.69, 9.17) is 27.9 Å². The number of amides is 1. The maximum absolute atomic E-state index is 12.5. The van der Waals surface area contributed by atoms with Gasteiger partial charge in [-0.1, -0.05) is 65.7 Å². The third-order valence-corrected chi connectivity index (χ3v) is 4.51. The van der Waals surface area contributed by atoms with Crippen LogP contribution >= 0.6 is 23.2 Å². The molecule has 1 N–H and O–H groups in total. The highest BCUT2D eigenvalue weighted by molar-refractivity contribution is 6.36. The van der Waals surface area contributed by atoms with Crippen molar-refractivity contribution in [3.05, 3.63) is 99.5 Å². The summed E-state index contributed by atoms with van der Waals surface area (Å²) in [7, 11) is 0. The largest absolute Gasteiger partial charge is 0.489 e. The van der Waals surface area contributed by atoms with Gasteiger partial charge in [0.15, 0.2) is 0 Å². The topological polar surface area (TPSA) is 62.1 Å². The van der Waals surface area contributed by atoms with Crippen molar-refractivity contribution in [3.63, 3.8) is 0 Å². The zero-order valence-corrected chi connectivity index (χ0v) is 16.7. The summed E-state index contributed by atoms with van der Waals surface area (Å²) in [5.74, 6) is 0.0772. The molecule has 0 unspecified atom stereocenters. The zero-order valence-electron chi connectivity index (χ0n) is 15.2. The van der Waals surface area contributed by atoms with Gasteiger partial charge in [0.1, 0.15) is 24.0 Å². The van der Waals surface area contributed by atoms with Crippen LogP contribution in [0.3, 0.4) is 0 Å². The molecule has 0 saturated carbocycles. The maximum Gasteiger partial charge on any atom is 0.266 e. The van der Waals surface area contributed by atoms with E-state index in [1.807, 2.05) is 42.5 Å². The molecule has 0 spiro atoms. The second kappa shape index (κ2) is 9.79. The van der Waals surface area contributed by atoms with E-state index in [0.717, 1.165) is 5.56 Å². The molecule has 3 rings (SSSR count). The molecule has 6 heteroatoms. The van der Waals surface area contributed by atoms with Crippen molar-refractivity contribution in [1.82, 2.24) is 0 Å². The second-order valence-corrected chi connectivity index (χ2v) is 6.94. The van der Waals surface area contributed by atoms with E-state index in [1.165, 1.54) is 12.1 Å². The standard InChI is InChI=1S/C23H16Cl2N2O2/c24-19-9-10-22(21(25)13-19)27-23(28)18(14-26)11-17-7-4-8-20(12-17)29-15-16-5-2-1-3-6-16/h1-13H,15H2,(H,27,28)/b18-11+. The van der Waals surface area contributed by atoms with Gasteiger partial charge >= 0.3 is 0 Å². The lowest BCUT2D eigenvalue weighted by atomic mass is 10.1. The first-order valence-electron chi connectivity index (χ1n) is 8.70. The van der Waals surface area contributed by atoms with Crippen LogP contribution in [0.5, 0.6) is 5.75 Å². The van der Waals surface area contributed by atoms with E-state index in [-0.39, 0.29) is 5.57 Å². The highest BCUT2D eigenvalue weighted by Gasteiger charge is 2.12. The molecule has 0 aliphatic carbocycles. The molecule has 3 aromatic carbocycles. The third kappa shape index (κ3) is 5.86. The number of nitriles is 1. The predicted molar refractivity (Wildman–Crippen MR) is 116 cm³/mol. The van der Waals surface area contributed by atoms with Crippen LogP contribution in [0.4, 0.5) is 5.69 Å². The van der Waals surface area contributed by atoms with Gasteiger partial charge in [0.25, 0.3) is 5.91 Å². The lowest BCUT2D eigenvalue weighted by Gasteiger charge is -2.08. The Labute approximate surface area is 179 Å². The van der Waals surface area contributed by atoms with E-state index >= 15 is 0 Å². The number of hydrogen-bond donors (Lipinski definition) is 1. The van der Waals surface area contributed by atoms with Gasteiger partial charge in [0, 0.05) is 5.02 Å². The number of nitrogens with one attached hydrogen (secondary N) is 1. The Balaban J connectivity index is 1.73. The van der Waals surface area contributed by atoms with Crippen molar-refractivity contribution in [2.75, 3.05) is 5.32 Å². The minimum absolute atomic E-state index is 0.0590. The van der Waals surface area contributed by atoms with E-state index in [1.54, 1.807) is 30.3 Å². The summed E-state index contributed by atoms with van der Waals surface area (Å²) >= 11 is 11.9. The van der Waals surface area contributed by atoms with Gasteiger partial charge in [0.05, 0.1) is 10.7 Å². The van der Waals surface area contributed by atoms with Crippen molar-refractivity contribution in [2.24, 2.45) is 0 Å². The Kier molecular flexibility index (Phi) is 6.91. The molecule has 29 heavy (non-hydrogen) atoms. The monoisotopic (exact) mass is 422 g/mol. The van der Waals surface area contributed by atoms with E-state index in [2.05, 4.69) is 5.32 Å². The number of anilines is 1. The summed E-state index contributed by atoms with van der Waals surface area (Å²) in [5.41, 5.74) is 2.04. The number of rotatable bonds is 6. The number of carbonyl (C=O) groups is 1. The van der Waals surface area contributed by atoms with Crippen LogP contribution in [0.2, 0.25) is 10.0 Å². The zero-order chi connectivity index (χ0) is 20.6. The van der Waals surface area contributed by atoms with Crippen LogP contribution in [0, 0.1) is 11.3 Å². The molecule has 4 nitrogen and oxygen atoms in total. The summed E-state index contributed by atoms with van der Waals surface area (Å²) < 4.78 is 5.79. The molecular formula is C23H16Cl2N2O2. The number of hydrogen-bond acceptors (Lipinski definition) is 3. The van der Waals surface area contributed by atoms with Gasteiger partial charge in [0.2, 0.25) is 0 Å². The average molecular weight is 423 g/mol. The van der Waals surface area contributed by atoms with Crippen LogP contribution in [0.1, 0.15) is 11.1 Å². The van der Waals surface area contributed by atoms with Gasteiger partial charge in [-0.2, -0.15) is 5.26 Å². The fourth-order valence-electron chi connectivity index (χ4n) is 2.53. The second-order valence-electron chi connectivity index (χ2n) is 6.09. The Morgan fingerprint density at radius 3 is 2.55 bits per heavy atom. The smallest absolute Gasteiger partial charge is 0.266 e. The lowest BCUT2D eigenvalue weighted by molar-refractivity contribution is -0.112. The lowest BCUT2D eigenvalue weighted by Crippen LogP contribution is -2.13. The molecule has 0 aliphatic heterocycles. The first-order chi connectivity index (χ1) is 14.0. The van der Waals surface area contributed by atoms with Gasteiger partial charge < -0.3 is 10.1 Å². The van der Waals surface area contributed by atoms with Crippen LogP contribution in [-0.4, -0.2) is 5.91 Å². The fourth-order valence-corrected chi connectivity index (χ4v) is 2.99. The number of benzene rings is 3. The van der Waals surface area contributed by atoms with Gasteiger partial charge in [-0.05, 0) is 47.5 Å². The van der Waals surface area contributed by atoms with Crippen LogP contribution in [0.25, 0.3) is 6.08 Å². The first-order valence-corrected chi connectivity index (χ1v) is 9.46. The molecule has 0 aliphatic rings. The van der Waals surface area contributed by atoms with Gasteiger partial charge in [-0.25, -0.2) is 0 Å². The quantitative estimate of drug-likeness (QED) is 0.384. The minimum Gasteiger partial charge on any atom is -0.489 e. The van der Waals surface area contributed by atoms with Crippen molar-refractivity contribution >= 4 is 40.9 Å². The van der Waals surface area contributed by atoms with Crippen molar-refractivity contribution in [1.29, 1.82) is 5.26 Å². The molecule has 1 amide bonds. The summed E-state index contributed by atoms with van der Waals surface area (Å²) in [5, 5.41) is 12.8. The van der Waals surface area contributed by atoms with Crippen LogP contribution in [0.15, 0.2) is 78.4 Å². The SMILES string of the molecule is N#C/C(=C\c1cccc(OCc2ccccc2)c1)C(=O)Nc1ccc(Cl)cc1Cl. The summed E-state index contributed by atoms with van der Waals surface area (Å²) in [6, 6.07) is 23.6. The molecule has 0 atom stereocenters. The predicted octanol–water partition coefficient (Wildman–Crippen LogP) is 6.12. The molecule has 0 heterocycles. The molecule has 3 aromatic rings. The summed E-state index contributed by atoms with van der Waals surface area (Å²) in [4.78, 5) is 12.5. The normalized spacial score (nSPS) is 10.9. The molecule has 0 saturated heterocycles.